The molecule has 0 unspecified atom stereocenters. The molecule has 0 radical (unpaired) electrons. The van der Waals surface area contributed by atoms with Gasteiger partial charge >= 0.3 is 12.0 Å². The Morgan fingerprint density at radius 3 is 2.59 bits per heavy atom. The molecule has 9 nitrogen and oxygen atoms in total. The Labute approximate surface area is 223 Å². The molecule has 1 fully saturated rings. The quantitative estimate of drug-likeness (QED) is 0.215. The van der Waals surface area contributed by atoms with Crippen LogP contribution in [0.15, 0.2) is 57.1 Å². The van der Waals surface area contributed by atoms with Crippen molar-refractivity contribution in [3.63, 3.8) is 0 Å². The minimum atomic E-state index is -0.676. The molecule has 3 aromatic rings. The first-order valence-electron chi connectivity index (χ1n) is 10.7. The lowest BCUT2D eigenvalue weighted by molar-refractivity contribution is -0.123. The number of halogens is 3. The van der Waals surface area contributed by atoms with Crippen LogP contribution >= 0.6 is 27.5 Å². The van der Waals surface area contributed by atoms with Crippen molar-refractivity contribution in [1.29, 1.82) is 0 Å². The number of carbonyl (C=O) groups excluding carboxylic acids is 3. The summed E-state index contributed by atoms with van der Waals surface area (Å²) in [7, 11) is 2.64. The summed E-state index contributed by atoms with van der Waals surface area (Å²) in [5.41, 5.74) is 1.15. The molecule has 1 aliphatic heterocycles. The topological polar surface area (TPSA) is 107 Å². The van der Waals surface area contributed by atoms with Crippen LogP contribution in [0.4, 0.5) is 9.18 Å². The van der Waals surface area contributed by atoms with Crippen molar-refractivity contribution >= 4 is 51.5 Å². The molecular weight excluding hydrogens is 575 g/mol. The number of ether oxygens (including phenoxy) is 3. The molecule has 1 saturated heterocycles. The van der Waals surface area contributed by atoms with Crippen molar-refractivity contribution in [3.05, 3.63) is 86.1 Å². The first kappa shape index (κ1) is 26.2. The van der Waals surface area contributed by atoms with Crippen molar-refractivity contribution in [1.82, 2.24) is 10.2 Å². The van der Waals surface area contributed by atoms with Crippen LogP contribution in [0, 0.1) is 5.82 Å². The Bertz CT molecular complexity index is 1400. The second kappa shape index (κ2) is 11.1. The fourth-order valence-electron chi connectivity index (χ4n) is 3.43. The van der Waals surface area contributed by atoms with E-state index in [0.29, 0.717) is 10.0 Å². The van der Waals surface area contributed by atoms with Crippen molar-refractivity contribution in [3.8, 4) is 11.5 Å². The Hall–Kier alpha value is -3.83. The number of amides is 3. The van der Waals surface area contributed by atoms with Gasteiger partial charge in [-0.05, 0) is 63.5 Å². The fraction of sp³-hybridized carbons (Fsp3) is 0.160. The van der Waals surface area contributed by atoms with Crippen LogP contribution in [0.1, 0.15) is 27.4 Å². The van der Waals surface area contributed by atoms with Crippen LogP contribution in [-0.4, -0.2) is 37.0 Å². The molecule has 1 aromatic heterocycles. The average Bonchev–Trinajstić information content (AvgIpc) is 3.47. The van der Waals surface area contributed by atoms with Crippen LogP contribution in [0.3, 0.4) is 0 Å². The summed E-state index contributed by atoms with van der Waals surface area (Å²) in [6, 6.07) is 9.60. The molecule has 0 aliphatic carbocycles. The standard InChI is InChI=1S/C25H19BrClFN2O7/c1-34-19-10-14(20(26)21(27)22(19)36-12-13-3-5-15(28)6-4-13)9-17-23(31)30(25(33)29-17)11-16-7-8-18(37-16)24(32)35-2/h3-10H,11-12H2,1-2H3,(H,29,33)/b17-9-. The number of imide groups is 1. The van der Waals surface area contributed by atoms with Gasteiger partial charge in [-0.2, -0.15) is 0 Å². The minimum absolute atomic E-state index is 0.0106. The van der Waals surface area contributed by atoms with Crippen LogP contribution in [0.2, 0.25) is 5.02 Å². The van der Waals surface area contributed by atoms with E-state index >= 15 is 0 Å². The van der Waals surface area contributed by atoms with Crippen LogP contribution in [0.5, 0.6) is 11.5 Å². The number of methoxy groups -OCH3 is 2. The highest BCUT2D eigenvalue weighted by atomic mass is 79.9. The third kappa shape index (κ3) is 5.62. The van der Waals surface area contributed by atoms with E-state index in [0.717, 1.165) is 10.5 Å². The van der Waals surface area contributed by atoms with E-state index in [1.807, 2.05) is 0 Å². The maximum absolute atomic E-state index is 13.2. The van der Waals surface area contributed by atoms with Gasteiger partial charge in [0.25, 0.3) is 5.91 Å². The summed E-state index contributed by atoms with van der Waals surface area (Å²) in [4.78, 5) is 37.9. The summed E-state index contributed by atoms with van der Waals surface area (Å²) in [6.45, 7) is -0.0857. The number of esters is 1. The number of urea groups is 1. The zero-order valence-corrected chi connectivity index (χ0v) is 21.8. The largest absolute Gasteiger partial charge is 0.493 e. The van der Waals surface area contributed by atoms with Gasteiger partial charge in [-0.25, -0.2) is 14.0 Å². The molecule has 0 atom stereocenters. The summed E-state index contributed by atoms with van der Waals surface area (Å²) in [6.07, 6.45) is 1.44. The number of benzene rings is 2. The second-order valence-corrected chi connectivity index (χ2v) is 8.85. The molecular formula is C25H19BrClFN2O7. The van der Waals surface area contributed by atoms with Crippen molar-refractivity contribution in [2.75, 3.05) is 14.2 Å². The Morgan fingerprint density at radius 2 is 1.92 bits per heavy atom. The van der Waals surface area contributed by atoms with Gasteiger partial charge < -0.3 is 23.9 Å². The predicted molar refractivity (Wildman–Crippen MR) is 134 cm³/mol. The van der Waals surface area contributed by atoms with E-state index in [1.54, 1.807) is 18.2 Å². The van der Waals surface area contributed by atoms with Crippen LogP contribution in [0.25, 0.3) is 6.08 Å². The number of furan rings is 1. The van der Waals surface area contributed by atoms with E-state index in [4.69, 9.17) is 25.5 Å². The van der Waals surface area contributed by atoms with Crippen molar-refractivity contribution < 1.29 is 37.4 Å². The first-order valence-corrected chi connectivity index (χ1v) is 11.8. The van der Waals surface area contributed by atoms with E-state index in [-0.39, 0.29) is 52.7 Å². The molecule has 12 heteroatoms. The van der Waals surface area contributed by atoms with Gasteiger partial charge in [0.2, 0.25) is 5.76 Å². The van der Waals surface area contributed by atoms with E-state index in [2.05, 4.69) is 26.0 Å². The monoisotopic (exact) mass is 592 g/mol. The molecule has 2 heterocycles. The van der Waals surface area contributed by atoms with Gasteiger partial charge in [0.1, 0.15) is 28.9 Å². The molecule has 1 aliphatic rings. The maximum atomic E-state index is 13.2. The predicted octanol–water partition coefficient (Wildman–Crippen LogP) is 5.30. The Morgan fingerprint density at radius 1 is 1.19 bits per heavy atom. The molecule has 0 spiro atoms. The summed E-state index contributed by atoms with van der Waals surface area (Å²) >= 11 is 9.93. The SMILES string of the molecule is COC(=O)c1ccc(CN2C(=O)N/C(=C\c3cc(OC)c(OCc4ccc(F)cc4)c(Cl)c3Br)C2=O)o1. The van der Waals surface area contributed by atoms with Crippen LogP contribution in [-0.2, 0) is 22.7 Å². The lowest BCUT2D eigenvalue weighted by atomic mass is 10.1. The fourth-order valence-corrected chi connectivity index (χ4v) is 4.10. The highest BCUT2D eigenvalue weighted by Crippen LogP contribution is 2.43. The summed E-state index contributed by atoms with van der Waals surface area (Å²) < 4.78 is 34.7. The molecule has 1 N–H and O–H groups in total. The third-order valence-corrected chi connectivity index (χ3v) is 6.74. The summed E-state index contributed by atoms with van der Waals surface area (Å²) in [5.74, 6) is -0.954. The number of nitrogens with zero attached hydrogens (tertiary/aromatic N) is 1. The van der Waals surface area contributed by atoms with Crippen molar-refractivity contribution in [2.45, 2.75) is 13.2 Å². The molecule has 4 rings (SSSR count). The average molecular weight is 594 g/mol. The number of rotatable bonds is 8. The van der Waals surface area contributed by atoms with Crippen molar-refractivity contribution in [2.24, 2.45) is 0 Å². The molecule has 0 saturated carbocycles. The smallest absolute Gasteiger partial charge is 0.373 e. The first-order chi connectivity index (χ1) is 17.7. The van der Waals surface area contributed by atoms with Gasteiger partial charge in [0.15, 0.2) is 11.5 Å². The van der Waals surface area contributed by atoms with E-state index in [1.165, 1.54) is 44.6 Å². The van der Waals surface area contributed by atoms with Gasteiger partial charge in [-0.15, -0.1) is 0 Å². The molecule has 3 amide bonds. The van der Waals surface area contributed by atoms with Gasteiger partial charge in [0, 0.05) is 4.47 Å². The molecule has 0 bridgehead atoms. The lowest BCUT2D eigenvalue weighted by Crippen LogP contribution is -2.30. The highest BCUT2D eigenvalue weighted by Gasteiger charge is 2.35. The number of hydrogen-bond donors (Lipinski definition) is 1. The normalized spacial score (nSPS) is 14.2. The summed E-state index contributed by atoms with van der Waals surface area (Å²) in [5, 5.41) is 2.69. The number of nitrogens with one attached hydrogen (secondary N) is 1. The van der Waals surface area contributed by atoms with Gasteiger partial charge in [0.05, 0.1) is 20.8 Å². The third-order valence-electron chi connectivity index (χ3n) is 5.30. The van der Waals surface area contributed by atoms with Crippen LogP contribution < -0.4 is 14.8 Å². The van der Waals surface area contributed by atoms with E-state index in [9.17, 15) is 18.8 Å². The zero-order chi connectivity index (χ0) is 26.7. The minimum Gasteiger partial charge on any atom is -0.493 e. The Balaban J connectivity index is 1.55. The number of carbonyl (C=O) groups is 3. The lowest BCUT2D eigenvalue weighted by Gasteiger charge is -2.15. The van der Waals surface area contributed by atoms with Gasteiger partial charge in [-0.1, -0.05) is 23.7 Å². The molecule has 37 heavy (non-hydrogen) atoms. The second-order valence-electron chi connectivity index (χ2n) is 7.68. The van der Waals surface area contributed by atoms with Gasteiger partial charge in [-0.3, -0.25) is 9.69 Å². The zero-order valence-electron chi connectivity index (χ0n) is 19.5. The Kier molecular flexibility index (Phi) is 7.84. The highest BCUT2D eigenvalue weighted by molar-refractivity contribution is 9.10. The van der Waals surface area contributed by atoms with E-state index < -0.39 is 17.9 Å². The molecule has 192 valence electrons. The molecule has 2 aromatic carbocycles. The maximum Gasteiger partial charge on any atom is 0.373 e. The number of hydrogen-bond acceptors (Lipinski definition) is 7.